The van der Waals surface area contributed by atoms with Gasteiger partial charge in [-0.1, -0.05) is 0 Å². The van der Waals surface area contributed by atoms with E-state index >= 15 is 0 Å². The molecular weight excluding hydrogens is 316 g/mol. The Morgan fingerprint density at radius 2 is 2.16 bits per heavy atom. The maximum atomic E-state index is 7.53. The highest BCUT2D eigenvalue weighted by Gasteiger charge is 2.33. The van der Waals surface area contributed by atoms with Crippen LogP contribution in [-0.4, -0.2) is 58.3 Å². The highest BCUT2D eigenvalue weighted by atomic mass is 16.5. The molecule has 2 bridgehead atoms. The number of imidazole rings is 1. The average Bonchev–Trinajstić information content (AvgIpc) is 3.26. The molecule has 2 unspecified atom stereocenters. The number of pyridine rings is 1. The molecule has 3 N–H and O–H groups in total. The van der Waals surface area contributed by atoms with Gasteiger partial charge in [-0.2, -0.15) is 0 Å². The third-order valence-electron chi connectivity index (χ3n) is 4.86. The Bertz CT molecular complexity index is 786. The van der Waals surface area contributed by atoms with Crippen molar-refractivity contribution in [2.45, 2.75) is 24.9 Å². The van der Waals surface area contributed by atoms with Crippen LogP contribution >= 0.6 is 0 Å². The van der Waals surface area contributed by atoms with Gasteiger partial charge in [0.05, 0.1) is 18.5 Å². The number of aromatic amines is 1. The number of aromatic nitrogens is 3. The van der Waals surface area contributed by atoms with Gasteiger partial charge in [-0.15, -0.1) is 0 Å². The molecule has 2 saturated heterocycles. The van der Waals surface area contributed by atoms with Gasteiger partial charge >= 0.3 is 0 Å². The van der Waals surface area contributed by atoms with Crippen molar-refractivity contribution in [2.24, 2.45) is 0 Å². The number of nitrogens with one attached hydrogen (secondary N) is 3. The normalized spacial score (nSPS) is 22.9. The summed E-state index contributed by atoms with van der Waals surface area (Å²) < 4.78 is 5.19. The molecule has 2 atom stereocenters. The number of piperazine rings is 1. The van der Waals surface area contributed by atoms with Gasteiger partial charge in [-0.3, -0.25) is 0 Å². The van der Waals surface area contributed by atoms with Gasteiger partial charge in [-0.05, 0) is 25.0 Å². The Labute approximate surface area is 146 Å². The Morgan fingerprint density at radius 3 is 2.88 bits per heavy atom. The summed E-state index contributed by atoms with van der Waals surface area (Å²) in [7, 11) is 1.60. The molecular formula is C18H22N6O. The monoisotopic (exact) mass is 338 g/mol. The first-order chi connectivity index (χ1) is 12.3. The fourth-order valence-electron chi connectivity index (χ4n) is 3.69. The molecule has 0 amide bonds. The molecule has 2 aromatic rings. The Morgan fingerprint density at radius 1 is 1.36 bits per heavy atom. The number of allylic oxidation sites excluding steroid dienone is 1. The van der Waals surface area contributed by atoms with Crippen molar-refractivity contribution >= 4 is 11.9 Å². The third kappa shape index (κ3) is 3.15. The number of methoxy groups -OCH3 is 1. The second-order valence-electron chi connectivity index (χ2n) is 6.48. The highest BCUT2D eigenvalue weighted by Crippen LogP contribution is 2.28. The lowest BCUT2D eigenvalue weighted by Gasteiger charge is -2.35. The van der Waals surface area contributed by atoms with E-state index in [2.05, 4.69) is 20.2 Å². The summed E-state index contributed by atoms with van der Waals surface area (Å²) in [6.07, 6.45) is 9.19. The van der Waals surface area contributed by atoms with E-state index in [0.717, 1.165) is 35.9 Å². The number of H-pyrrole nitrogens is 1. The minimum Gasteiger partial charge on any atom is -0.481 e. The minimum absolute atomic E-state index is 0.534. The Balaban J connectivity index is 1.62. The summed E-state index contributed by atoms with van der Waals surface area (Å²) in [6.45, 7) is 1.91. The van der Waals surface area contributed by atoms with Crippen LogP contribution < -0.4 is 10.1 Å². The largest absolute Gasteiger partial charge is 0.481 e. The van der Waals surface area contributed by atoms with Crippen molar-refractivity contribution in [1.82, 2.24) is 25.2 Å². The number of rotatable bonds is 5. The van der Waals surface area contributed by atoms with E-state index in [9.17, 15) is 0 Å². The zero-order chi connectivity index (χ0) is 17.2. The number of fused-ring (bicyclic) bond motifs is 2. The molecule has 0 radical (unpaired) electrons. The van der Waals surface area contributed by atoms with Gasteiger partial charge < -0.3 is 25.3 Å². The lowest BCUT2D eigenvalue weighted by molar-refractivity contribution is 0.275. The Hall–Kier alpha value is -2.67. The van der Waals surface area contributed by atoms with Crippen LogP contribution in [0.1, 0.15) is 18.7 Å². The van der Waals surface area contributed by atoms with E-state index in [1.54, 1.807) is 13.3 Å². The predicted molar refractivity (Wildman–Crippen MR) is 96.7 cm³/mol. The van der Waals surface area contributed by atoms with Crippen LogP contribution in [0.4, 0.5) is 0 Å². The van der Waals surface area contributed by atoms with Crippen LogP contribution in [0, 0.1) is 5.41 Å². The lowest BCUT2D eigenvalue weighted by Crippen LogP contribution is -2.50. The maximum absolute atomic E-state index is 7.53. The van der Waals surface area contributed by atoms with E-state index in [1.807, 2.05) is 24.4 Å². The predicted octanol–water partition coefficient (Wildman–Crippen LogP) is 1.91. The fourth-order valence-corrected chi connectivity index (χ4v) is 3.69. The number of hydrogen-bond acceptors (Lipinski definition) is 6. The van der Waals surface area contributed by atoms with Gasteiger partial charge in [0.1, 0.15) is 0 Å². The van der Waals surface area contributed by atoms with Crippen molar-refractivity contribution in [3.8, 4) is 17.1 Å². The first-order valence-electron chi connectivity index (χ1n) is 8.55. The van der Waals surface area contributed by atoms with Crippen molar-refractivity contribution in [3.05, 3.63) is 36.4 Å². The van der Waals surface area contributed by atoms with Crippen molar-refractivity contribution < 1.29 is 4.74 Å². The molecule has 0 aromatic carbocycles. The van der Waals surface area contributed by atoms with E-state index < -0.39 is 0 Å². The number of likely N-dealkylation sites (tertiary alicyclic amines) is 1. The smallest absolute Gasteiger partial charge is 0.213 e. The SMILES string of the molecule is COc1cc(-c2c[nH]c(/C(=C\C=N)N3CC4CCC(C3)N4)n2)ccn1. The summed E-state index contributed by atoms with van der Waals surface area (Å²) in [4.78, 5) is 14.5. The average molecular weight is 338 g/mol. The Kier molecular flexibility index (Phi) is 4.23. The van der Waals surface area contributed by atoms with Crippen LogP contribution in [0.5, 0.6) is 5.88 Å². The molecule has 2 aromatic heterocycles. The number of ether oxygens (including phenoxy) is 1. The molecule has 2 aliphatic heterocycles. The van der Waals surface area contributed by atoms with Gasteiger partial charge in [0.2, 0.25) is 5.88 Å². The van der Waals surface area contributed by atoms with Crippen LogP contribution in [-0.2, 0) is 0 Å². The van der Waals surface area contributed by atoms with Gasteiger partial charge in [0.15, 0.2) is 5.82 Å². The van der Waals surface area contributed by atoms with Crippen LogP contribution in [0.15, 0.2) is 30.6 Å². The molecule has 0 spiro atoms. The van der Waals surface area contributed by atoms with Crippen LogP contribution in [0.3, 0.4) is 0 Å². The standard InChI is InChI=1S/C18H22N6O/c1-25-17-8-12(5-7-20-17)15-9-21-18(23-15)16(4-6-19)24-10-13-2-3-14(11-24)22-13/h4-9,13-14,19,22H,2-3,10-11H2,1H3,(H,21,23)/b16-4+,19-6?. The quantitative estimate of drug-likeness (QED) is 0.725. The van der Waals surface area contributed by atoms with Crippen molar-refractivity contribution in [1.29, 1.82) is 5.41 Å². The van der Waals surface area contributed by atoms with E-state index in [0.29, 0.717) is 18.0 Å². The first kappa shape index (κ1) is 15.8. The van der Waals surface area contributed by atoms with Gasteiger partial charge in [-0.25, -0.2) is 9.97 Å². The second-order valence-corrected chi connectivity index (χ2v) is 6.48. The lowest BCUT2D eigenvalue weighted by atomic mass is 10.2. The first-order valence-corrected chi connectivity index (χ1v) is 8.55. The fraction of sp³-hybridized carbons (Fsp3) is 0.389. The summed E-state index contributed by atoms with van der Waals surface area (Å²) in [5.74, 6) is 1.35. The zero-order valence-electron chi connectivity index (χ0n) is 14.2. The molecule has 2 aliphatic rings. The van der Waals surface area contributed by atoms with E-state index in [1.165, 1.54) is 19.1 Å². The van der Waals surface area contributed by atoms with Crippen LogP contribution in [0.25, 0.3) is 17.0 Å². The molecule has 7 nitrogen and oxygen atoms in total. The number of hydrogen-bond donors (Lipinski definition) is 3. The molecule has 0 saturated carbocycles. The molecule has 4 rings (SSSR count). The summed E-state index contributed by atoms with van der Waals surface area (Å²) >= 11 is 0. The highest BCUT2D eigenvalue weighted by molar-refractivity contribution is 5.81. The zero-order valence-corrected chi connectivity index (χ0v) is 14.2. The van der Waals surface area contributed by atoms with E-state index in [-0.39, 0.29) is 0 Å². The van der Waals surface area contributed by atoms with Crippen molar-refractivity contribution in [3.63, 3.8) is 0 Å². The number of nitrogens with zero attached hydrogens (tertiary/aromatic N) is 3. The van der Waals surface area contributed by atoms with Gasteiger partial charge in [0, 0.05) is 55.4 Å². The molecule has 2 fully saturated rings. The molecule has 0 aliphatic carbocycles. The molecule has 25 heavy (non-hydrogen) atoms. The summed E-state index contributed by atoms with van der Waals surface area (Å²) in [5.41, 5.74) is 2.76. The summed E-state index contributed by atoms with van der Waals surface area (Å²) in [6, 6.07) is 4.84. The molecule has 7 heteroatoms. The minimum atomic E-state index is 0.534. The van der Waals surface area contributed by atoms with Gasteiger partial charge in [0.25, 0.3) is 0 Å². The van der Waals surface area contributed by atoms with Crippen LogP contribution in [0.2, 0.25) is 0 Å². The topological polar surface area (TPSA) is 89.9 Å². The third-order valence-corrected chi connectivity index (χ3v) is 4.86. The second kappa shape index (κ2) is 6.68. The summed E-state index contributed by atoms with van der Waals surface area (Å²) in [5, 5.41) is 11.2. The van der Waals surface area contributed by atoms with E-state index in [4.69, 9.17) is 15.1 Å². The maximum Gasteiger partial charge on any atom is 0.213 e. The van der Waals surface area contributed by atoms with Crippen molar-refractivity contribution in [2.75, 3.05) is 20.2 Å². The molecule has 4 heterocycles. The molecule has 130 valence electrons.